The first-order valence-corrected chi connectivity index (χ1v) is 12.8. The minimum atomic E-state index is -0.333. The van der Waals surface area contributed by atoms with Crippen LogP contribution in [0, 0.1) is 0 Å². The van der Waals surface area contributed by atoms with Crippen molar-refractivity contribution in [1.82, 2.24) is 14.5 Å². The second kappa shape index (κ2) is 9.09. The zero-order chi connectivity index (χ0) is 25.8. The lowest BCUT2D eigenvalue weighted by molar-refractivity contribution is -0.153. The number of morpholine rings is 1. The number of Topliss-reactive ketones (excluding diaryl/α,β-unsaturated/α-hetero) is 1. The number of hydrogen-bond donors (Lipinski definition) is 1. The third-order valence-corrected chi connectivity index (χ3v) is 7.71. The molecular formula is C30H27N3O5. The molecule has 2 aromatic carbocycles. The van der Waals surface area contributed by atoms with E-state index in [1.54, 1.807) is 24.4 Å². The number of aryl methyl sites for hydroxylation is 1. The van der Waals surface area contributed by atoms with Crippen molar-refractivity contribution in [3.8, 4) is 22.6 Å². The van der Waals surface area contributed by atoms with Gasteiger partial charge in [-0.1, -0.05) is 30.3 Å². The molecule has 4 aromatic rings. The number of aromatic hydroxyl groups is 1. The van der Waals surface area contributed by atoms with E-state index in [0.717, 1.165) is 60.6 Å². The molecular weight excluding hydrogens is 482 g/mol. The number of rotatable bonds is 4. The molecule has 3 aliphatic rings. The number of allylic oxidation sites excluding steroid dienone is 1. The number of nitrogens with zero attached hydrogens (tertiary/aromatic N) is 3. The number of phenolic OH excluding ortho intramolecular Hbond substituents is 1. The molecule has 8 heteroatoms. The number of ether oxygens (including phenoxy) is 3. The zero-order valence-corrected chi connectivity index (χ0v) is 21.0. The summed E-state index contributed by atoms with van der Waals surface area (Å²) < 4.78 is 19.3. The Hall–Kier alpha value is -3.98. The molecule has 2 unspecified atom stereocenters. The lowest BCUT2D eigenvalue weighted by atomic mass is 9.93. The Morgan fingerprint density at radius 3 is 2.63 bits per heavy atom. The van der Waals surface area contributed by atoms with Gasteiger partial charge in [-0.2, -0.15) is 0 Å². The summed E-state index contributed by atoms with van der Waals surface area (Å²) in [7, 11) is 1.93. The van der Waals surface area contributed by atoms with Crippen molar-refractivity contribution in [3.05, 3.63) is 83.4 Å². The van der Waals surface area contributed by atoms with Crippen LogP contribution in [-0.4, -0.2) is 64.3 Å². The smallest absolute Gasteiger partial charge is 0.235 e. The van der Waals surface area contributed by atoms with E-state index in [1.165, 1.54) is 11.6 Å². The molecule has 1 N–H and O–H groups in total. The highest BCUT2D eigenvalue weighted by Crippen LogP contribution is 2.40. The van der Waals surface area contributed by atoms with Gasteiger partial charge in [0, 0.05) is 43.5 Å². The number of pyridine rings is 1. The Balaban J connectivity index is 1.23. The summed E-state index contributed by atoms with van der Waals surface area (Å²) in [5, 5.41) is 11.1. The summed E-state index contributed by atoms with van der Waals surface area (Å²) in [5.74, 6) is 0.127. The average molecular weight is 510 g/mol. The number of aromatic nitrogens is 2. The fourth-order valence-corrected chi connectivity index (χ4v) is 5.70. The van der Waals surface area contributed by atoms with Crippen LogP contribution < -0.4 is 4.74 Å². The maximum atomic E-state index is 13.0. The number of fused-ring (bicyclic) bond motifs is 2. The zero-order valence-electron chi connectivity index (χ0n) is 21.0. The van der Waals surface area contributed by atoms with Gasteiger partial charge in [-0.3, -0.25) is 9.69 Å². The molecule has 8 nitrogen and oxygen atoms in total. The van der Waals surface area contributed by atoms with E-state index >= 15 is 0 Å². The van der Waals surface area contributed by atoms with E-state index in [9.17, 15) is 9.90 Å². The summed E-state index contributed by atoms with van der Waals surface area (Å²) in [6, 6.07) is 15.7. The minimum absolute atomic E-state index is 0.0696. The average Bonchev–Trinajstić information content (AvgIpc) is 3.41. The molecule has 38 heavy (non-hydrogen) atoms. The molecule has 192 valence electrons. The van der Waals surface area contributed by atoms with Crippen LogP contribution in [-0.2, 0) is 16.5 Å². The van der Waals surface area contributed by atoms with Crippen LogP contribution in [0.15, 0.2) is 66.7 Å². The summed E-state index contributed by atoms with van der Waals surface area (Å²) in [4.78, 5) is 20.1. The first-order chi connectivity index (χ1) is 18.6. The Kier molecular flexibility index (Phi) is 5.54. The monoisotopic (exact) mass is 509 g/mol. The normalized spacial score (nSPS) is 22.4. The van der Waals surface area contributed by atoms with Crippen LogP contribution in [0.1, 0.15) is 27.6 Å². The lowest BCUT2D eigenvalue weighted by Gasteiger charge is -2.45. The van der Waals surface area contributed by atoms with Gasteiger partial charge >= 0.3 is 0 Å². The summed E-state index contributed by atoms with van der Waals surface area (Å²) >= 11 is 0. The highest BCUT2D eigenvalue weighted by atomic mass is 16.5. The van der Waals surface area contributed by atoms with Gasteiger partial charge in [0.05, 0.1) is 25.9 Å². The van der Waals surface area contributed by atoms with Crippen LogP contribution in [0.4, 0.5) is 0 Å². The number of phenols is 1. The third kappa shape index (κ3) is 3.72. The first-order valence-electron chi connectivity index (χ1n) is 12.8. The molecule has 0 bridgehead atoms. The molecule has 2 saturated heterocycles. The Labute approximate surface area is 219 Å². The molecule has 2 atom stereocenters. The standard InChI is InChI=1S/C30H27N3O5/c1-32-16-20(15-25-28(35)27-23(34)3-2-4-24(27)38-25)26-21(9-10-31-30(26)32)18-5-7-19(8-6-18)29-22(17-37-29)33-11-13-36-14-12-33/h2-10,15-16,22,29,34H,11-14,17H2,1H3. The van der Waals surface area contributed by atoms with E-state index in [4.69, 9.17) is 14.2 Å². The number of carbonyl (C=O) groups is 1. The second-order valence-corrected chi connectivity index (χ2v) is 9.93. The molecule has 2 fully saturated rings. The SMILES string of the molecule is Cn1cc(C=C2Oc3cccc(O)c3C2=O)c2c(-c3ccc(C4OCC4N4CCOCC4)cc3)ccnc21. The molecule has 5 heterocycles. The van der Waals surface area contributed by atoms with Gasteiger partial charge in [0.2, 0.25) is 5.78 Å². The van der Waals surface area contributed by atoms with Gasteiger partial charge in [0.25, 0.3) is 0 Å². The van der Waals surface area contributed by atoms with Gasteiger partial charge in [-0.15, -0.1) is 0 Å². The molecule has 7 rings (SSSR count). The van der Waals surface area contributed by atoms with E-state index in [1.807, 2.05) is 23.9 Å². The number of benzene rings is 2. The summed E-state index contributed by atoms with van der Waals surface area (Å²) in [6.45, 7) is 4.20. The number of ketones is 1. The van der Waals surface area contributed by atoms with Crippen molar-refractivity contribution < 1.29 is 24.1 Å². The quantitative estimate of drug-likeness (QED) is 0.410. The Bertz CT molecular complexity index is 1580. The van der Waals surface area contributed by atoms with E-state index in [2.05, 4.69) is 34.1 Å². The molecule has 0 amide bonds. The molecule has 0 saturated carbocycles. The largest absolute Gasteiger partial charge is 0.507 e. The lowest BCUT2D eigenvalue weighted by Crippen LogP contribution is -2.54. The summed E-state index contributed by atoms with van der Waals surface area (Å²) in [5.41, 5.74) is 5.05. The van der Waals surface area contributed by atoms with Crippen molar-refractivity contribution in [1.29, 1.82) is 0 Å². The maximum Gasteiger partial charge on any atom is 0.235 e. The van der Waals surface area contributed by atoms with Gasteiger partial charge in [0.15, 0.2) is 5.76 Å². The van der Waals surface area contributed by atoms with Crippen molar-refractivity contribution in [2.45, 2.75) is 12.1 Å². The van der Waals surface area contributed by atoms with E-state index in [-0.39, 0.29) is 29.0 Å². The molecule has 0 aliphatic carbocycles. The molecule has 2 aromatic heterocycles. The van der Waals surface area contributed by atoms with Crippen LogP contribution in [0.25, 0.3) is 28.2 Å². The minimum Gasteiger partial charge on any atom is -0.507 e. The van der Waals surface area contributed by atoms with Crippen LogP contribution in [0.2, 0.25) is 0 Å². The molecule has 0 radical (unpaired) electrons. The van der Waals surface area contributed by atoms with Gasteiger partial charge in [-0.25, -0.2) is 4.98 Å². The molecule has 3 aliphatic heterocycles. The van der Waals surface area contributed by atoms with Gasteiger partial charge < -0.3 is 23.9 Å². The van der Waals surface area contributed by atoms with Crippen molar-refractivity contribution in [3.63, 3.8) is 0 Å². The predicted octanol–water partition coefficient (Wildman–Crippen LogP) is 4.33. The first kappa shape index (κ1) is 23.2. The van der Waals surface area contributed by atoms with Gasteiger partial charge in [-0.05, 0) is 41.0 Å². The highest BCUT2D eigenvalue weighted by Gasteiger charge is 2.38. The van der Waals surface area contributed by atoms with Crippen molar-refractivity contribution in [2.75, 3.05) is 32.9 Å². The van der Waals surface area contributed by atoms with Crippen molar-refractivity contribution >= 4 is 22.9 Å². The second-order valence-electron chi connectivity index (χ2n) is 9.93. The summed E-state index contributed by atoms with van der Waals surface area (Å²) in [6.07, 6.45) is 5.55. The van der Waals surface area contributed by atoms with Crippen molar-refractivity contribution in [2.24, 2.45) is 7.05 Å². The molecule has 0 spiro atoms. The van der Waals surface area contributed by atoms with Crippen LogP contribution in [0.5, 0.6) is 11.5 Å². The van der Waals surface area contributed by atoms with E-state index in [0.29, 0.717) is 11.8 Å². The van der Waals surface area contributed by atoms with Gasteiger partial charge in [0.1, 0.15) is 28.8 Å². The van der Waals surface area contributed by atoms with E-state index < -0.39 is 0 Å². The highest BCUT2D eigenvalue weighted by molar-refractivity contribution is 6.17. The van der Waals surface area contributed by atoms with Crippen LogP contribution in [0.3, 0.4) is 0 Å². The fraction of sp³-hybridized carbons (Fsp3) is 0.267. The topological polar surface area (TPSA) is 86.0 Å². The predicted molar refractivity (Wildman–Crippen MR) is 142 cm³/mol. The number of hydrogen-bond acceptors (Lipinski definition) is 7. The van der Waals surface area contributed by atoms with Crippen LogP contribution >= 0.6 is 0 Å². The third-order valence-electron chi connectivity index (χ3n) is 7.71. The Morgan fingerprint density at radius 2 is 1.89 bits per heavy atom. The number of carbonyl (C=O) groups excluding carboxylic acids is 1. The maximum absolute atomic E-state index is 13.0. The Morgan fingerprint density at radius 1 is 1.08 bits per heavy atom. The fourth-order valence-electron chi connectivity index (χ4n) is 5.70.